The maximum atomic E-state index is 6.40. The van der Waals surface area contributed by atoms with Crippen molar-refractivity contribution in [1.82, 2.24) is 0 Å². The molecule has 2 aliphatic rings. The Balaban J connectivity index is 1.18. The lowest BCUT2D eigenvalue weighted by Gasteiger charge is -2.43. The number of nitrogens with zero attached hydrogens (tertiary/aromatic N) is 1. The zero-order valence-electron chi connectivity index (χ0n) is 36.0. The number of benzene rings is 8. The number of anilines is 3. The minimum atomic E-state index is -0.177. The second-order valence-corrected chi connectivity index (χ2v) is 19.2. The molecule has 2 aliphatic carbocycles. The van der Waals surface area contributed by atoms with Gasteiger partial charge < -0.3 is 9.32 Å². The van der Waals surface area contributed by atoms with E-state index >= 15 is 0 Å². The highest BCUT2D eigenvalue weighted by Crippen LogP contribution is 2.56. The second kappa shape index (κ2) is 13.7. The normalized spacial score (nSPS) is 15.6. The first-order valence-corrected chi connectivity index (χ1v) is 21.9. The fourth-order valence-corrected chi connectivity index (χ4v) is 10.7. The van der Waals surface area contributed by atoms with Crippen molar-refractivity contribution >= 4 is 39.0 Å². The summed E-state index contributed by atoms with van der Waals surface area (Å²) in [6.45, 7) is 14.6. The molecule has 0 atom stereocenters. The Morgan fingerprint density at radius 3 is 1.85 bits per heavy atom. The molecular weight excluding hydrogens is 739 g/mol. The summed E-state index contributed by atoms with van der Waals surface area (Å²) < 4.78 is 6.40. The zero-order chi connectivity index (χ0) is 41.7. The zero-order valence-corrected chi connectivity index (χ0v) is 36.0. The van der Waals surface area contributed by atoms with Crippen molar-refractivity contribution in [3.63, 3.8) is 0 Å². The summed E-state index contributed by atoms with van der Waals surface area (Å²) >= 11 is 0. The predicted molar refractivity (Wildman–Crippen MR) is 258 cm³/mol. The lowest BCUT2D eigenvalue weighted by atomic mass is 9.61. The number of para-hydroxylation sites is 1. The van der Waals surface area contributed by atoms with E-state index in [1.165, 1.54) is 67.7 Å². The molecule has 0 amide bonds. The molecule has 1 heterocycles. The monoisotopic (exact) mass is 789 g/mol. The highest BCUT2D eigenvalue weighted by atomic mass is 16.3. The van der Waals surface area contributed by atoms with Crippen LogP contribution in [0.2, 0.25) is 0 Å². The van der Waals surface area contributed by atoms with Gasteiger partial charge in [0, 0.05) is 33.1 Å². The third-order valence-corrected chi connectivity index (χ3v) is 14.1. The Labute approximate surface area is 360 Å². The molecule has 0 unspecified atom stereocenters. The number of fused-ring (bicyclic) bond motifs is 7. The highest BCUT2D eigenvalue weighted by Gasteiger charge is 2.41. The molecule has 0 fully saturated rings. The Kier molecular flexibility index (Phi) is 8.39. The van der Waals surface area contributed by atoms with Crippen LogP contribution < -0.4 is 4.90 Å². The van der Waals surface area contributed by atoms with E-state index < -0.39 is 0 Å². The van der Waals surface area contributed by atoms with Crippen LogP contribution in [0.3, 0.4) is 0 Å². The van der Waals surface area contributed by atoms with Crippen LogP contribution in [0, 0.1) is 0 Å². The van der Waals surface area contributed by atoms with E-state index in [0.29, 0.717) is 0 Å². The van der Waals surface area contributed by atoms with Gasteiger partial charge in [-0.2, -0.15) is 0 Å². The van der Waals surface area contributed by atoms with Crippen LogP contribution in [0.1, 0.15) is 76.6 Å². The number of furan rings is 1. The predicted octanol–water partition coefficient (Wildman–Crippen LogP) is 16.7. The summed E-state index contributed by atoms with van der Waals surface area (Å²) in [6.07, 6.45) is 2.31. The summed E-state index contributed by atoms with van der Waals surface area (Å²) in [5.41, 5.74) is 20.7. The van der Waals surface area contributed by atoms with Gasteiger partial charge in [-0.1, -0.05) is 163 Å². The first-order valence-electron chi connectivity index (χ1n) is 21.9. The van der Waals surface area contributed by atoms with Crippen LogP contribution in [0.25, 0.3) is 66.4 Å². The van der Waals surface area contributed by atoms with Crippen molar-refractivity contribution in [2.24, 2.45) is 0 Å². The smallest absolute Gasteiger partial charge is 0.136 e. The van der Waals surface area contributed by atoms with Gasteiger partial charge in [0.15, 0.2) is 0 Å². The standard InChI is InChI=1S/C59H51NO/c1-57(2)32-33-58(3,4)56-47(22-15-24-51(56)57)49-36-48-44-20-10-12-23-50(44)59(5,6)52(48)37-53(49)60(42-29-26-39(27-30-42)38-16-8-7-9-17-38)43-19-14-18-40(34-43)41-28-31-46-45-21-11-13-25-54(45)61-55(46)35-41/h7-31,34-37H,32-33H2,1-6H3. The molecule has 2 nitrogen and oxygen atoms in total. The molecule has 8 aromatic carbocycles. The molecular formula is C59H51NO. The van der Waals surface area contributed by atoms with Crippen molar-refractivity contribution in [2.75, 3.05) is 4.90 Å². The Bertz CT molecular complexity index is 3160. The molecule has 61 heavy (non-hydrogen) atoms. The van der Waals surface area contributed by atoms with Gasteiger partial charge in [0.2, 0.25) is 0 Å². The molecule has 0 spiro atoms. The molecule has 0 aliphatic heterocycles. The lowest BCUT2D eigenvalue weighted by molar-refractivity contribution is 0.333. The Hall–Kier alpha value is -6.64. The van der Waals surface area contributed by atoms with Gasteiger partial charge in [0.25, 0.3) is 0 Å². The topological polar surface area (TPSA) is 16.4 Å². The summed E-state index contributed by atoms with van der Waals surface area (Å²) in [5, 5.41) is 2.28. The molecule has 0 saturated heterocycles. The average molecular weight is 790 g/mol. The van der Waals surface area contributed by atoms with Crippen LogP contribution in [0.5, 0.6) is 0 Å². The van der Waals surface area contributed by atoms with Crippen molar-refractivity contribution in [2.45, 2.75) is 70.6 Å². The third kappa shape index (κ3) is 5.98. The molecule has 0 saturated carbocycles. The summed E-state index contributed by atoms with van der Waals surface area (Å²) in [5.74, 6) is 0. The minimum Gasteiger partial charge on any atom is -0.456 e. The molecule has 0 radical (unpaired) electrons. The van der Waals surface area contributed by atoms with Gasteiger partial charge in [0.05, 0.1) is 5.69 Å². The van der Waals surface area contributed by atoms with Gasteiger partial charge in [-0.3, -0.25) is 0 Å². The molecule has 0 N–H and O–H groups in total. The van der Waals surface area contributed by atoms with E-state index in [2.05, 4.69) is 216 Å². The van der Waals surface area contributed by atoms with E-state index in [-0.39, 0.29) is 16.2 Å². The van der Waals surface area contributed by atoms with Crippen LogP contribution in [-0.2, 0) is 16.2 Å². The summed E-state index contributed by atoms with van der Waals surface area (Å²) in [6, 6.07) is 65.1. The molecule has 9 aromatic rings. The molecule has 1 aromatic heterocycles. The van der Waals surface area contributed by atoms with Gasteiger partial charge in [-0.05, 0) is 139 Å². The number of rotatable bonds is 6. The average Bonchev–Trinajstić information content (AvgIpc) is 3.76. The largest absolute Gasteiger partial charge is 0.456 e. The number of hydrogen-bond donors (Lipinski definition) is 0. The Morgan fingerprint density at radius 1 is 0.393 bits per heavy atom. The SMILES string of the molecule is CC1(C)CCC(C)(C)c2c(-c3cc4c(cc3N(c3ccc(-c5ccccc5)cc3)c3cccc(-c5ccc6c(c5)oc5ccccc56)c3)C(C)(C)c3ccccc3-4)cccc21. The third-order valence-electron chi connectivity index (χ3n) is 14.1. The van der Waals surface area contributed by atoms with E-state index in [1.807, 2.05) is 6.07 Å². The van der Waals surface area contributed by atoms with Crippen LogP contribution in [-0.4, -0.2) is 0 Å². The van der Waals surface area contributed by atoms with E-state index in [4.69, 9.17) is 4.42 Å². The van der Waals surface area contributed by atoms with Crippen LogP contribution in [0.15, 0.2) is 180 Å². The second-order valence-electron chi connectivity index (χ2n) is 19.2. The van der Waals surface area contributed by atoms with Gasteiger partial charge in [0.1, 0.15) is 11.2 Å². The van der Waals surface area contributed by atoms with Crippen molar-refractivity contribution in [1.29, 1.82) is 0 Å². The fraction of sp³-hybridized carbons (Fsp3) is 0.186. The van der Waals surface area contributed by atoms with Crippen molar-refractivity contribution < 1.29 is 4.42 Å². The molecule has 11 rings (SSSR count). The number of hydrogen-bond acceptors (Lipinski definition) is 2. The minimum absolute atomic E-state index is 0.00624. The van der Waals surface area contributed by atoms with E-state index in [9.17, 15) is 0 Å². The van der Waals surface area contributed by atoms with Gasteiger partial charge >= 0.3 is 0 Å². The first kappa shape index (κ1) is 37.4. The maximum Gasteiger partial charge on any atom is 0.136 e. The van der Waals surface area contributed by atoms with Gasteiger partial charge in [-0.25, -0.2) is 0 Å². The summed E-state index contributed by atoms with van der Waals surface area (Å²) in [7, 11) is 0. The quantitative estimate of drug-likeness (QED) is 0.167. The Morgan fingerprint density at radius 2 is 1.02 bits per heavy atom. The summed E-state index contributed by atoms with van der Waals surface area (Å²) in [4.78, 5) is 2.52. The first-order chi connectivity index (χ1) is 29.5. The van der Waals surface area contributed by atoms with Crippen molar-refractivity contribution in [3.8, 4) is 44.5 Å². The molecule has 2 heteroatoms. The van der Waals surface area contributed by atoms with Crippen LogP contribution >= 0.6 is 0 Å². The van der Waals surface area contributed by atoms with Gasteiger partial charge in [-0.15, -0.1) is 0 Å². The van der Waals surface area contributed by atoms with E-state index in [1.54, 1.807) is 0 Å². The van der Waals surface area contributed by atoms with Crippen molar-refractivity contribution in [3.05, 3.63) is 198 Å². The maximum absolute atomic E-state index is 6.40. The van der Waals surface area contributed by atoms with E-state index in [0.717, 1.165) is 50.9 Å². The molecule has 0 bridgehead atoms. The highest BCUT2D eigenvalue weighted by molar-refractivity contribution is 6.06. The fourth-order valence-electron chi connectivity index (χ4n) is 10.7. The molecule has 298 valence electrons. The van der Waals surface area contributed by atoms with Crippen LogP contribution in [0.4, 0.5) is 17.1 Å². The lowest BCUT2D eigenvalue weighted by Crippen LogP contribution is -2.34.